The number of hydrogen-bond acceptors (Lipinski definition) is 2. The second-order valence-corrected chi connectivity index (χ2v) is 5.77. The lowest BCUT2D eigenvalue weighted by Crippen LogP contribution is -2.30. The second kappa shape index (κ2) is 6.58. The minimum Gasteiger partial charge on any atom is -0.334 e. The van der Waals surface area contributed by atoms with Gasteiger partial charge in [0.05, 0.1) is 5.52 Å². The molecule has 3 aromatic rings. The van der Waals surface area contributed by atoms with E-state index in [0.717, 1.165) is 22.0 Å². The number of carbonyl (C=O) groups excluding carboxylic acids is 1. The Balaban J connectivity index is 1.76. The van der Waals surface area contributed by atoms with Crippen LogP contribution in [-0.4, -0.2) is 11.0 Å². The van der Waals surface area contributed by atoms with Crippen molar-refractivity contribution in [2.75, 3.05) is 5.32 Å². The van der Waals surface area contributed by atoms with Crippen LogP contribution in [0.3, 0.4) is 0 Å². The van der Waals surface area contributed by atoms with Gasteiger partial charge in [-0.25, -0.2) is 4.79 Å². The number of aromatic nitrogens is 1. The minimum absolute atomic E-state index is 0.164. The van der Waals surface area contributed by atoms with Crippen molar-refractivity contribution in [1.82, 2.24) is 10.3 Å². The van der Waals surface area contributed by atoms with E-state index in [2.05, 4.69) is 15.6 Å². The van der Waals surface area contributed by atoms with Crippen molar-refractivity contribution in [3.8, 4) is 0 Å². The largest absolute Gasteiger partial charge is 0.334 e. The Hall–Kier alpha value is -3.08. The van der Waals surface area contributed by atoms with E-state index >= 15 is 0 Å². The lowest BCUT2D eigenvalue weighted by atomic mass is 10.0. The maximum Gasteiger partial charge on any atom is 0.319 e. The first-order valence-electron chi connectivity index (χ1n) is 7.76. The Morgan fingerprint density at radius 1 is 1.08 bits per heavy atom. The number of urea groups is 1. The Morgan fingerprint density at radius 2 is 1.83 bits per heavy atom. The van der Waals surface area contributed by atoms with E-state index in [-0.39, 0.29) is 18.1 Å². The predicted octanol–water partition coefficient (Wildman–Crippen LogP) is 3.47. The van der Waals surface area contributed by atoms with Crippen molar-refractivity contribution >= 4 is 22.6 Å². The predicted molar refractivity (Wildman–Crippen MR) is 96.3 cm³/mol. The molecule has 3 rings (SSSR count). The van der Waals surface area contributed by atoms with Gasteiger partial charge in [0.2, 0.25) is 0 Å². The summed E-state index contributed by atoms with van der Waals surface area (Å²) in [6.45, 7) is 4.16. The van der Waals surface area contributed by atoms with Crippen LogP contribution in [0, 0.1) is 13.8 Å². The fourth-order valence-corrected chi connectivity index (χ4v) is 2.57. The molecular formula is C19H19N3O2. The number of fused-ring (bicyclic) bond motifs is 1. The van der Waals surface area contributed by atoms with Gasteiger partial charge in [-0.05, 0) is 48.6 Å². The van der Waals surface area contributed by atoms with Gasteiger partial charge in [-0.15, -0.1) is 0 Å². The van der Waals surface area contributed by atoms with E-state index in [9.17, 15) is 9.59 Å². The van der Waals surface area contributed by atoms with Gasteiger partial charge in [0.1, 0.15) is 0 Å². The molecule has 2 amide bonds. The third-order valence-electron chi connectivity index (χ3n) is 4.10. The van der Waals surface area contributed by atoms with Crippen LogP contribution in [0.25, 0.3) is 10.9 Å². The van der Waals surface area contributed by atoms with Crippen molar-refractivity contribution < 1.29 is 4.79 Å². The van der Waals surface area contributed by atoms with Gasteiger partial charge >= 0.3 is 6.03 Å². The molecule has 0 aliphatic rings. The molecule has 0 fully saturated rings. The number of amides is 2. The van der Waals surface area contributed by atoms with Gasteiger partial charge in [0, 0.05) is 17.8 Å². The fraction of sp³-hybridized carbons (Fsp3) is 0.158. The number of hydrogen-bond donors (Lipinski definition) is 3. The number of aryl methyl sites for hydroxylation is 2. The average Bonchev–Trinajstić information content (AvgIpc) is 2.58. The molecule has 0 aliphatic carbocycles. The van der Waals surface area contributed by atoms with E-state index in [1.165, 1.54) is 0 Å². The molecule has 1 aromatic heterocycles. The molecular weight excluding hydrogens is 302 g/mol. The van der Waals surface area contributed by atoms with Crippen LogP contribution in [0.15, 0.2) is 53.3 Å². The highest BCUT2D eigenvalue weighted by molar-refractivity contribution is 5.89. The van der Waals surface area contributed by atoms with Gasteiger partial charge < -0.3 is 15.6 Å². The average molecular weight is 321 g/mol. The lowest BCUT2D eigenvalue weighted by Gasteiger charge is -2.09. The molecule has 0 aliphatic heterocycles. The Bertz CT molecular complexity index is 946. The molecule has 5 nitrogen and oxygen atoms in total. The van der Waals surface area contributed by atoms with Crippen LogP contribution in [0.4, 0.5) is 10.5 Å². The topological polar surface area (TPSA) is 74.0 Å². The number of para-hydroxylation sites is 1. The lowest BCUT2D eigenvalue weighted by molar-refractivity contribution is 0.251. The molecule has 24 heavy (non-hydrogen) atoms. The van der Waals surface area contributed by atoms with Crippen molar-refractivity contribution in [3.63, 3.8) is 0 Å². The molecule has 3 N–H and O–H groups in total. The number of aromatic amines is 1. The molecule has 0 bridgehead atoms. The van der Waals surface area contributed by atoms with Gasteiger partial charge in [-0.3, -0.25) is 4.79 Å². The summed E-state index contributed by atoms with van der Waals surface area (Å²) >= 11 is 0. The third-order valence-corrected chi connectivity index (χ3v) is 4.10. The van der Waals surface area contributed by atoms with Crippen molar-refractivity contribution in [2.24, 2.45) is 0 Å². The summed E-state index contributed by atoms with van der Waals surface area (Å²) in [5, 5.41) is 6.39. The Morgan fingerprint density at radius 3 is 2.58 bits per heavy atom. The number of rotatable bonds is 3. The summed E-state index contributed by atoms with van der Waals surface area (Å²) in [4.78, 5) is 27.1. The van der Waals surface area contributed by atoms with Crippen molar-refractivity contribution in [2.45, 2.75) is 20.4 Å². The summed E-state index contributed by atoms with van der Waals surface area (Å²) < 4.78 is 0. The fourth-order valence-electron chi connectivity index (χ4n) is 2.57. The normalized spacial score (nSPS) is 10.6. The summed E-state index contributed by atoms with van der Waals surface area (Å²) in [5.74, 6) is 0. The first-order valence-corrected chi connectivity index (χ1v) is 7.76. The molecule has 0 atom stereocenters. The monoisotopic (exact) mass is 321 g/mol. The highest BCUT2D eigenvalue weighted by atomic mass is 16.2. The highest BCUT2D eigenvalue weighted by Gasteiger charge is 2.08. The third kappa shape index (κ3) is 3.30. The van der Waals surface area contributed by atoms with E-state index in [0.29, 0.717) is 11.3 Å². The number of anilines is 1. The van der Waals surface area contributed by atoms with Gasteiger partial charge in [0.15, 0.2) is 0 Å². The SMILES string of the molecule is Cc1ccc2cc(CNC(=O)Nc3ccccc3)c(=O)[nH]c2c1C. The van der Waals surface area contributed by atoms with E-state index in [4.69, 9.17) is 0 Å². The van der Waals surface area contributed by atoms with Crippen LogP contribution in [-0.2, 0) is 6.54 Å². The highest BCUT2D eigenvalue weighted by Crippen LogP contribution is 2.18. The van der Waals surface area contributed by atoms with E-state index in [1.54, 1.807) is 12.1 Å². The summed E-state index contributed by atoms with van der Waals surface area (Å²) in [6.07, 6.45) is 0. The quantitative estimate of drug-likeness (QED) is 0.691. The number of pyridine rings is 1. The molecule has 1 heterocycles. The molecule has 0 radical (unpaired) electrons. The Kier molecular flexibility index (Phi) is 4.33. The smallest absolute Gasteiger partial charge is 0.319 e. The second-order valence-electron chi connectivity index (χ2n) is 5.77. The number of H-pyrrole nitrogens is 1. The maximum atomic E-state index is 12.2. The molecule has 5 heteroatoms. The maximum absolute atomic E-state index is 12.2. The summed E-state index contributed by atoms with van der Waals surface area (Å²) in [6, 6.07) is 14.6. The zero-order chi connectivity index (χ0) is 17.1. The van der Waals surface area contributed by atoms with Gasteiger partial charge in [-0.2, -0.15) is 0 Å². The molecule has 2 aromatic carbocycles. The molecule has 0 spiro atoms. The molecule has 0 saturated heterocycles. The van der Waals surface area contributed by atoms with Crippen LogP contribution in [0.1, 0.15) is 16.7 Å². The van der Waals surface area contributed by atoms with Crippen LogP contribution >= 0.6 is 0 Å². The number of carbonyl (C=O) groups is 1. The van der Waals surface area contributed by atoms with Crippen molar-refractivity contribution in [1.29, 1.82) is 0 Å². The van der Waals surface area contributed by atoms with E-state index in [1.807, 2.05) is 50.2 Å². The summed E-state index contributed by atoms with van der Waals surface area (Å²) in [5.41, 5.74) is 4.08. The zero-order valence-corrected chi connectivity index (χ0v) is 13.6. The zero-order valence-electron chi connectivity index (χ0n) is 13.6. The molecule has 122 valence electrons. The van der Waals surface area contributed by atoms with Gasteiger partial charge in [-0.1, -0.05) is 30.3 Å². The van der Waals surface area contributed by atoms with Crippen LogP contribution in [0.2, 0.25) is 0 Å². The van der Waals surface area contributed by atoms with E-state index < -0.39 is 0 Å². The number of benzene rings is 2. The molecule has 0 unspecified atom stereocenters. The summed E-state index contributed by atoms with van der Waals surface area (Å²) in [7, 11) is 0. The standard InChI is InChI=1S/C19H19N3O2/c1-12-8-9-14-10-15(18(23)22-17(14)13(12)2)11-20-19(24)21-16-6-4-3-5-7-16/h3-10H,11H2,1-2H3,(H,22,23)(H2,20,21,24). The Labute approximate surface area is 139 Å². The van der Waals surface area contributed by atoms with Crippen LogP contribution in [0.5, 0.6) is 0 Å². The first kappa shape index (κ1) is 15.8. The first-order chi connectivity index (χ1) is 11.5. The van der Waals surface area contributed by atoms with Gasteiger partial charge in [0.25, 0.3) is 5.56 Å². The minimum atomic E-state index is -0.346. The number of nitrogens with one attached hydrogen (secondary N) is 3. The van der Waals surface area contributed by atoms with Crippen molar-refractivity contribution in [3.05, 3.63) is 75.6 Å². The van der Waals surface area contributed by atoms with Crippen LogP contribution < -0.4 is 16.2 Å². The molecule has 0 saturated carbocycles.